The van der Waals surface area contributed by atoms with Gasteiger partial charge in [0.15, 0.2) is 17.3 Å². The number of ether oxygens (including phenoxy) is 2. The van der Waals surface area contributed by atoms with Crippen molar-refractivity contribution in [2.45, 2.75) is 38.1 Å². The number of fused-ring (bicyclic) bond motifs is 1. The van der Waals surface area contributed by atoms with Crippen LogP contribution in [0.25, 0.3) is 0 Å². The third-order valence-electron chi connectivity index (χ3n) is 3.85. The van der Waals surface area contributed by atoms with E-state index in [2.05, 4.69) is 5.32 Å². The highest BCUT2D eigenvalue weighted by Gasteiger charge is 2.18. The Morgan fingerprint density at radius 2 is 1.95 bits per heavy atom. The summed E-state index contributed by atoms with van der Waals surface area (Å²) in [7, 11) is 0. The van der Waals surface area contributed by atoms with E-state index in [-0.39, 0.29) is 12.6 Å². The predicted octanol–water partition coefficient (Wildman–Crippen LogP) is 2.52. The molecule has 1 aliphatic heterocycles. The van der Waals surface area contributed by atoms with Gasteiger partial charge in [-0.05, 0) is 31.0 Å². The summed E-state index contributed by atoms with van der Waals surface area (Å²) in [6.45, 7) is 0.650. The summed E-state index contributed by atoms with van der Waals surface area (Å²) in [5.74, 6) is 1.50. The first kappa shape index (κ1) is 12.5. The lowest BCUT2D eigenvalue weighted by Crippen LogP contribution is -2.35. The predicted molar refractivity (Wildman–Crippen MR) is 71.8 cm³/mol. The highest BCUT2D eigenvalue weighted by Crippen LogP contribution is 2.32. The average Bonchev–Trinajstić information content (AvgIpc) is 2.93. The monoisotopic (exact) mass is 261 g/mol. The number of hydrogen-bond acceptors (Lipinski definition) is 4. The van der Waals surface area contributed by atoms with Gasteiger partial charge in [0.1, 0.15) is 0 Å². The zero-order valence-corrected chi connectivity index (χ0v) is 11.0. The van der Waals surface area contributed by atoms with Gasteiger partial charge in [-0.2, -0.15) is 0 Å². The van der Waals surface area contributed by atoms with Crippen LogP contribution < -0.4 is 14.8 Å². The fraction of sp³-hybridized carbons (Fsp3) is 0.533. The smallest absolute Gasteiger partial charge is 0.231 e. The normalized spacial score (nSPS) is 18.5. The molecule has 0 unspecified atom stereocenters. The molecule has 3 rings (SSSR count). The van der Waals surface area contributed by atoms with Crippen LogP contribution in [0.1, 0.15) is 42.5 Å². The Morgan fingerprint density at radius 1 is 1.16 bits per heavy atom. The Hall–Kier alpha value is -1.55. The summed E-state index contributed by atoms with van der Waals surface area (Å²) in [4.78, 5) is 12.1. The SMILES string of the molecule is O=C(CNC1CCCCC1)c1ccc2c(c1)OCO2. The molecule has 4 heteroatoms. The second-order valence-corrected chi connectivity index (χ2v) is 5.21. The highest BCUT2D eigenvalue weighted by molar-refractivity contribution is 5.98. The van der Waals surface area contributed by atoms with Crippen molar-refractivity contribution in [1.82, 2.24) is 5.32 Å². The zero-order chi connectivity index (χ0) is 13.1. The molecule has 19 heavy (non-hydrogen) atoms. The molecule has 1 aliphatic carbocycles. The van der Waals surface area contributed by atoms with E-state index in [1.54, 1.807) is 18.2 Å². The number of benzene rings is 1. The molecule has 4 nitrogen and oxygen atoms in total. The number of nitrogens with one attached hydrogen (secondary N) is 1. The molecule has 1 heterocycles. The van der Waals surface area contributed by atoms with Crippen molar-refractivity contribution in [1.29, 1.82) is 0 Å². The topological polar surface area (TPSA) is 47.6 Å². The van der Waals surface area contributed by atoms with Gasteiger partial charge >= 0.3 is 0 Å². The summed E-state index contributed by atoms with van der Waals surface area (Å²) < 4.78 is 10.5. The maximum atomic E-state index is 12.1. The molecule has 0 atom stereocenters. The Balaban J connectivity index is 1.57. The molecular weight excluding hydrogens is 242 g/mol. The molecule has 1 saturated carbocycles. The molecule has 0 amide bonds. The fourth-order valence-corrected chi connectivity index (χ4v) is 2.72. The summed E-state index contributed by atoms with van der Waals surface area (Å²) >= 11 is 0. The Kier molecular flexibility index (Phi) is 3.69. The van der Waals surface area contributed by atoms with Crippen molar-refractivity contribution in [2.75, 3.05) is 13.3 Å². The largest absolute Gasteiger partial charge is 0.454 e. The van der Waals surface area contributed by atoms with E-state index in [4.69, 9.17) is 9.47 Å². The van der Waals surface area contributed by atoms with Crippen LogP contribution in [-0.2, 0) is 0 Å². The number of carbonyl (C=O) groups excluding carboxylic acids is 1. The van der Waals surface area contributed by atoms with Crippen molar-refractivity contribution in [3.05, 3.63) is 23.8 Å². The number of hydrogen-bond donors (Lipinski definition) is 1. The first-order chi connectivity index (χ1) is 9.33. The van der Waals surface area contributed by atoms with Crippen molar-refractivity contribution >= 4 is 5.78 Å². The Bertz CT molecular complexity index is 466. The summed E-state index contributed by atoms with van der Waals surface area (Å²) in [5.41, 5.74) is 0.688. The molecule has 0 spiro atoms. The minimum atomic E-state index is 0.115. The first-order valence-electron chi connectivity index (χ1n) is 6.99. The van der Waals surface area contributed by atoms with Gasteiger partial charge in [-0.15, -0.1) is 0 Å². The second kappa shape index (κ2) is 5.61. The summed E-state index contributed by atoms with van der Waals surface area (Å²) in [6, 6.07) is 5.88. The molecule has 0 saturated heterocycles. The Labute approximate surface area is 113 Å². The third-order valence-corrected chi connectivity index (χ3v) is 3.85. The summed E-state index contributed by atoms with van der Waals surface area (Å²) in [5, 5.41) is 3.37. The van der Waals surface area contributed by atoms with Gasteiger partial charge < -0.3 is 14.8 Å². The molecule has 102 valence electrons. The van der Waals surface area contributed by atoms with Crippen molar-refractivity contribution < 1.29 is 14.3 Å². The van der Waals surface area contributed by atoms with E-state index in [9.17, 15) is 4.79 Å². The van der Waals surface area contributed by atoms with Crippen LogP contribution in [-0.4, -0.2) is 25.2 Å². The van der Waals surface area contributed by atoms with E-state index in [1.165, 1.54) is 32.1 Å². The lowest BCUT2D eigenvalue weighted by Gasteiger charge is -2.22. The van der Waals surface area contributed by atoms with Crippen molar-refractivity contribution in [3.63, 3.8) is 0 Å². The van der Waals surface area contributed by atoms with Crippen LogP contribution in [0.2, 0.25) is 0 Å². The number of rotatable bonds is 4. The molecule has 2 aliphatic rings. The van der Waals surface area contributed by atoms with Crippen LogP contribution in [0.15, 0.2) is 18.2 Å². The quantitative estimate of drug-likeness (QED) is 0.846. The fourth-order valence-electron chi connectivity index (χ4n) is 2.72. The second-order valence-electron chi connectivity index (χ2n) is 5.21. The minimum Gasteiger partial charge on any atom is -0.454 e. The van der Waals surface area contributed by atoms with Crippen LogP contribution in [0.3, 0.4) is 0 Å². The van der Waals surface area contributed by atoms with E-state index in [0.717, 1.165) is 5.75 Å². The standard InChI is InChI=1S/C15H19NO3/c17-13(9-16-12-4-2-1-3-5-12)11-6-7-14-15(8-11)19-10-18-14/h6-8,12,16H,1-5,9-10H2. The lowest BCUT2D eigenvalue weighted by atomic mass is 9.95. The molecule has 1 fully saturated rings. The van der Waals surface area contributed by atoms with Crippen molar-refractivity contribution in [3.8, 4) is 11.5 Å². The highest BCUT2D eigenvalue weighted by atomic mass is 16.7. The number of carbonyl (C=O) groups is 1. The molecule has 1 aromatic rings. The third kappa shape index (κ3) is 2.89. The van der Waals surface area contributed by atoms with Crippen molar-refractivity contribution in [2.24, 2.45) is 0 Å². The van der Waals surface area contributed by atoms with E-state index in [0.29, 0.717) is 23.9 Å². The average molecular weight is 261 g/mol. The van der Waals surface area contributed by atoms with Gasteiger partial charge in [-0.3, -0.25) is 4.79 Å². The molecule has 0 radical (unpaired) electrons. The first-order valence-corrected chi connectivity index (χ1v) is 6.99. The van der Waals surface area contributed by atoms with Gasteiger partial charge in [0.05, 0.1) is 6.54 Å². The molecule has 0 bridgehead atoms. The molecular formula is C15H19NO3. The Morgan fingerprint density at radius 3 is 2.79 bits per heavy atom. The summed E-state index contributed by atoms with van der Waals surface area (Å²) in [6.07, 6.45) is 6.25. The van der Waals surface area contributed by atoms with Crippen LogP contribution in [0, 0.1) is 0 Å². The van der Waals surface area contributed by atoms with Crippen LogP contribution in [0.4, 0.5) is 0 Å². The minimum absolute atomic E-state index is 0.115. The van der Waals surface area contributed by atoms with Gasteiger partial charge in [0.25, 0.3) is 0 Å². The van der Waals surface area contributed by atoms with Gasteiger partial charge in [0, 0.05) is 11.6 Å². The number of ketones is 1. The lowest BCUT2D eigenvalue weighted by molar-refractivity contribution is 0.0984. The maximum Gasteiger partial charge on any atom is 0.231 e. The molecule has 1 aromatic carbocycles. The van der Waals surface area contributed by atoms with E-state index < -0.39 is 0 Å². The molecule has 1 N–H and O–H groups in total. The zero-order valence-electron chi connectivity index (χ0n) is 11.0. The van der Waals surface area contributed by atoms with E-state index in [1.807, 2.05) is 0 Å². The van der Waals surface area contributed by atoms with Crippen LogP contribution in [0.5, 0.6) is 11.5 Å². The van der Waals surface area contributed by atoms with Crippen LogP contribution >= 0.6 is 0 Å². The molecule has 0 aromatic heterocycles. The van der Waals surface area contributed by atoms with Gasteiger partial charge in [-0.1, -0.05) is 19.3 Å². The van der Waals surface area contributed by atoms with E-state index >= 15 is 0 Å². The van der Waals surface area contributed by atoms with Gasteiger partial charge in [0.2, 0.25) is 6.79 Å². The number of Topliss-reactive ketones (excluding diaryl/α,β-unsaturated/α-hetero) is 1. The maximum absolute atomic E-state index is 12.1. The van der Waals surface area contributed by atoms with Gasteiger partial charge in [-0.25, -0.2) is 0 Å².